The molecule has 1 aliphatic rings. The third-order valence-corrected chi connectivity index (χ3v) is 3.83. The fourth-order valence-electron chi connectivity index (χ4n) is 1.26. The van der Waals surface area contributed by atoms with Crippen LogP contribution < -0.4 is 4.52 Å². The maximum atomic E-state index is 11.9. The van der Waals surface area contributed by atoms with Crippen LogP contribution in [0.1, 0.15) is 13.8 Å². The van der Waals surface area contributed by atoms with Crippen molar-refractivity contribution < 1.29 is 18.1 Å². The molecule has 1 aliphatic heterocycles. The number of rotatable bonds is 2. The topological polar surface area (TPSA) is 44.8 Å². The second kappa shape index (κ2) is 3.97. The summed E-state index contributed by atoms with van der Waals surface area (Å²) in [5.74, 6) is 0.488. The van der Waals surface area contributed by atoms with Crippen molar-refractivity contribution in [2.75, 3.05) is 0 Å². The van der Waals surface area contributed by atoms with Crippen LogP contribution in [-0.4, -0.2) is 12.2 Å². The molecule has 15 heavy (non-hydrogen) atoms. The van der Waals surface area contributed by atoms with Crippen molar-refractivity contribution in [2.24, 2.45) is 0 Å². The molecule has 2 rings (SSSR count). The van der Waals surface area contributed by atoms with Crippen LogP contribution in [0.15, 0.2) is 30.3 Å². The lowest BCUT2D eigenvalue weighted by molar-refractivity contribution is 0.187. The average Bonchev–Trinajstić information content (AvgIpc) is 2.42. The standard InChI is InChI=1S/C10H13O4P/c1-8-9(2)13-15(11,12-8)14-10-6-4-3-5-7-10/h3-9H,1-2H3/t8-,9+,15?. The van der Waals surface area contributed by atoms with Gasteiger partial charge in [0.1, 0.15) is 5.75 Å². The van der Waals surface area contributed by atoms with Gasteiger partial charge in [-0.15, -0.1) is 0 Å². The molecule has 0 aliphatic carbocycles. The Balaban J connectivity index is 2.10. The fourth-order valence-corrected chi connectivity index (χ4v) is 2.93. The molecule has 1 aromatic rings. The van der Waals surface area contributed by atoms with E-state index in [9.17, 15) is 4.57 Å². The zero-order chi connectivity index (χ0) is 10.9. The van der Waals surface area contributed by atoms with E-state index in [1.54, 1.807) is 38.1 Å². The van der Waals surface area contributed by atoms with Gasteiger partial charge in [0.25, 0.3) is 0 Å². The lowest BCUT2D eigenvalue weighted by atomic mass is 10.3. The first-order valence-corrected chi connectivity index (χ1v) is 6.27. The molecule has 1 unspecified atom stereocenters. The number of benzene rings is 1. The van der Waals surface area contributed by atoms with E-state index in [1.165, 1.54) is 0 Å². The monoisotopic (exact) mass is 228 g/mol. The molecule has 0 N–H and O–H groups in total. The lowest BCUT2D eigenvalue weighted by Crippen LogP contribution is -2.13. The maximum Gasteiger partial charge on any atom is 0.530 e. The molecule has 0 bridgehead atoms. The van der Waals surface area contributed by atoms with Crippen molar-refractivity contribution in [1.82, 2.24) is 0 Å². The third-order valence-electron chi connectivity index (χ3n) is 2.21. The minimum Gasteiger partial charge on any atom is -0.404 e. The van der Waals surface area contributed by atoms with E-state index in [4.69, 9.17) is 13.6 Å². The smallest absolute Gasteiger partial charge is 0.404 e. The van der Waals surface area contributed by atoms with Gasteiger partial charge >= 0.3 is 7.82 Å². The highest BCUT2D eigenvalue weighted by Crippen LogP contribution is 2.56. The Kier molecular flexibility index (Phi) is 2.83. The molecule has 1 aromatic carbocycles. The Labute approximate surface area is 88.8 Å². The molecule has 1 saturated heterocycles. The molecule has 1 fully saturated rings. The Morgan fingerprint density at radius 2 is 1.67 bits per heavy atom. The quantitative estimate of drug-likeness (QED) is 0.730. The van der Waals surface area contributed by atoms with Crippen LogP contribution in [0.3, 0.4) is 0 Å². The van der Waals surface area contributed by atoms with Crippen LogP contribution in [0.5, 0.6) is 5.75 Å². The predicted octanol–water partition coefficient (Wildman–Crippen LogP) is 3.00. The summed E-state index contributed by atoms with van der Waals surface area (Å²) in [6.07, 6.45) is -0.418. The minimum atomic E-state index is -3.40. The zero-order valence-electron chi connectivity index (χ0n) is 8.62. The summed E-state index contributed by atoms with van der Waals surface area (Å²) in [5, 5.41) is 0. The molecule has 0 saturated carbocycles. The van der Waals surface area contributed by atoms with E-state index in [0.29, 0.717) is 5.75 Å². The van der Waals surface area contributed by atoms with Crippen molar-refractivity contribution in [3.8, 4) is 5.75 Å². The summed E-state index contributed by atoms with van der Waals surface area (Å²) in [4.78, 5) is 0. The Bertz CT molecular complexity index is 364. The van der Waals surface area contributed by atoms with E-state index in [0.717, 1.165) is 0 Å². The molecule has 0 radical (unpaired) electrons. The first-order valence-electron chi connectivity index (χ1n) is 4.80. The van der Waals surface area contributed by atoms with Gasteiger partial charge in [-0.3, -0.25) is 9.05 Å². The summed E-state index contributed by atoms with van der Waals surface area (Å²) in [6, 6.07) is 8.86. The molecule has 3 atom stereocenters. The van der Waals surface area contributed by atoms with E-state index >= 15 is 0 Å². The maximum absolute atomic E-state index is 11.9. The van der Waals surface area contributed by atoms with Gasteiger partial charge in [-0.05, 0) is 26.0 Å². The first kappa shape index (κ1) is 10.7. The third kappa shape index (κ3) is 2.40. The van der Waals surface area contributed by atoms with Crippen molar-refractivity contribution in [3.05, 3.63) is 30.3 Å². The second-order valence-corrected chi connectivity index (χ2v) is 4.97. The van der Waals surface area contributed by atoms with Gasteiger partial charge in [0, 0.05) is 0 Å². The highest BCUT2D eigenvalue weighted by molar-refractivity contribution is 7.49. The van der Waals surface area contributed by atoms with Crippen LogP contribution in [0.25, 0.3) is 0 Å². The van der Waals surface area contributed by atoms with Crippen LogP contribution in [0.4, 0.5) is 0 Å². The number of hydrogen-bond donors (Lipinski definition) is 0. The van der Waals surface area contributed by atoms with Gasteiger partial charge in [-0.2, -0.15) is 0 Å². The fraction of sp³-hybridized carbons (Fsp3) is 0.400. The molecule has 4 nitrogen and oxygen atoms in total. The van der Waals surface area contributed by atoms with Gasteiger partial charge in [-0.25, -0.2) is 4.57 Å². The molecule has 0 amide bonds. The molecule has 82 valence electrons. The molecular formula is C10H13O4P. The average molecular weight is 228 g/mol. The zero-order valence-corrected chi connectivity index (χ0v) is 9.52. The van der Waals surface area contributed by atoms with E-state index in [1.807, 2.05) is 6.07 Å². The van der Waals surface area contributed by atoms with E-state index < -0.39 is 7.82 Å². The van der Waals surface area contributed by atoms with Crippen molar-refractivity contribution in [2.45, 2.75) is 26.1 Å². The van der Waals surface area contributed by atoms with Crippen molar-refractivity contribution in [1.29, 1.82) is 0 Å². The normalized spacial score (nSPS) is 35.3. The summed E-state index contributed by atoms with van der Waals surface area (Å²) >= 11 is 0. The van der Waals surface area contributed by atoms with Crippen LogP contribution in [-0.2, 0) is 13.6 Å². The van der Waals surface area contributed by atoms with Crippen LogP contribution in [0, 0.1) is 0 Å². The number of para-hydroxylation sites is 1. The van der Waals surface area contributed by atoms with Gasteiger partial charge in [0.05, 0.1) is 12.2 Å². The molecular weight excluding hydrogens is 215 g/mol. The number of phosphoric ester groups is 1. The molecule has 5 heteroatoms. The van der Waals surface area contributed by atoms with E-state index in [-0.39, 0.29) is 12.2 Å². The van der Waals surface area contributed by atoms with Gasteiger partial charge < -0.3 is 4.52 Å². The van der Waals surface area contributed by atoms with Crippen LogP contribution in [0.2, 0.25) is 0 Å². The van der Waals surface area contributed by atoms with Crippen LogP contribution >= 0.6 is 7.82 Å². The Hall–Kier alpha value is -0.830. The first-order chi connectivity index (χ1) is 7.09. The lowest BCUT2D eigenvalue weighted by Gasteiger charge is -2.10. The largest absolute Gasteiger partial charge is 0.530 e. The molecule has 1 heterocycles. The number of phosphoric acid groups is 1. The van der Waals surface area contributed by atoms with Gasteiger partial charge in [0.15, 0.2) is 0 Å². The van der Waals surface area contributed by atoms with Gasteiger partial charge in [-0.1, -0.05) is 18.2 Å². The summed E-state index contributed by atoms with van der Waals surface area (Å²) in [5.41, 5.74) is 0. The van der Waals surface area contributed by atoms with Gasteiger partial charge in [0.2, 0.25) is 0 Å². The van der Waals surface area contributed by atoms with Crippen molar-refractivity contribution in [3.63, 3.8) is 0 Å². The Morgan fingerprint density at radius 1 is 1.13 bits per heavy atom. The summed E-state index contributed by atoms with van der Waals surface area (Å²) in [7, 11) is -3.40. The second-order valence-electron chi connectivity index (χ2n) is 3.47. The highest BCUT2D eigenvalue weighted by Gasteiger charge is 2.43. The van der Waals surface area contributed by atoms with E-state index in [2.05, 4.69) is 0 Å². The molecule has 0 aromatic heterocycles. The SMILES string of the molecule is C[C@@H]1OP(=O)(Oc2ccccc2)O[C@@H]1C. The summed E-state index contributed by atoms with van der Waals surface area (Å²) in [6.45, 7) is 3.61. The Morgan fingerprint density at radius 3 is 2.20 bits per heavy atom. The highest BCUT2D eigenvalue weighted by atomic mass is 31.2. The number of hydrogen-bond acceptors (Lipinski definition) is 4. The minimum absolute atomic E-state index is 0.209. The summed E-state index contributed by atoms with van der Waals surface area (Å²) < 4.78 is 27.5. The predicted molar refractivity (Wildman–Crippen MR) is 55.8 cm³/mol. The molecule has 0 spiro atoms. The van der Waals surface area contributed by atoms with Crippen molar-refractivity contribution >= 4 is 7.82 Å².